The Morgan fingerprint density at radius 3 is 2.75 bits per heavy atom. The quantitative estimate of drug-likeness (QED) is 0.599. The molecule has 0 bridgehead atoms. The Balaban J connectivity index is 1.45. The van der Waals surface area contributed by atoms with Gasteiger partial charge in [0.15, 0.2) is 5.69 Å². The Morgan fingerprint density at radius 1 is 1.25 bits per heavy atom. The van der Waals surface area contributed by atoms with Gasteiger partial charge in [-0.15, -0.1) is 0 Å². The minimum Gasteiger partial charge on any atom is -0.358 e. The molecule has 0 radical (unpaired) electrons. The van der Waals surface area contributed by atoms with E-state index < -0.39 is 6.43 Å². The number of hydrogen-bond donors (Lipinski definition) is 3. The first-order valence-electron chi connectivity index (χ1n) is 9.26. The second kappa shape index (κ2) is 8.01. The number of fused-ring (bicyclic) bond motifs is 1. The van der Waals surface area contributed by atoms with E-state index in [1.165, 1.54) is 0 Å². The predicted molar refractivity (Wildman–Crippen MR) is 98.5 cm³/mol. The first-order valence-corrected chi connectivity index (χ1v) is 9.26. The molecule has 1 aliphatic carbocycles. The Morgan fingerprint density at radius 2 is 2.04 bits per heavy atom. The van der Waals surface area contributed by atoms with Gasteiger partial charge in [0.25, 0.3) is 12.3 Å². The van der Waals surface area contributed by atoms with E-state index in [-0.39, 0.29) is 30.2 Å². The van der Waals surface area contributed by atoms with Gasteiger partial charge in [0.1, 0.15) is 6.33 Å². The summed E-state index contributed by atoms with van der Waals surface area (Å²) >= 11 is 0. The van der Waals surface area contributed by atoms with E-state index in [2.05, 4.69) is 30.6 Å². The number of carbonyl (C=O) groups excluding carboxylic acids is 1. The molecular formula is C18H21F2N7O. The lowest BCUT2D eigenvalue weighted by atomic mass is 9.91. The molecular weight excluding hydrogens is 368 g/mol. The van der Waals surface area contributed by atoms with Crippen LogP contribution in [-0.2, 0) is 0 Å². The minimum atomic E-state index is -2.34. The van der Waals surface area contributed by atoms with Crippen molar-refractivity contribution in [3.8, 4) is 5.95 Å². The molecule has 4 rings (SSSR count). The van der Waals surface area contributed by atoms with Gasteiger partial charge in [-0.2, -0.15) is 0 Å². The molecule has 0 unspecified atom stereocenters. The number of nitrogens with zero attached hydrogens (tertiary/aromatic N) is 4. The van der Waals surface area contributed by atoms with E-state index in [9.17, 15) is 13.6 Å². The van der Waals surface area contributed by atoms with Crippen LogP contribution in [0, 0.1) is 0 Å². The lowest BCUT2D eigenvalue weighted by Gasteiger charge is -2.29. The number of alkyl halides is 2. The van der Waals surface area contributed by atoms with Crippen molar-refractivity contribution in [1.82, 2.24) is 35.1 Å². The molecule has 1 fully saturated rings. The average molecular weight is 389 g/mol. The van der Waals surface area contributed by atoms with Crippen molar-refractivity contribution in [2.24, 2.45) is 0 Å². The van der Waals surface area contributed by atoms with E-state index in [0.717, 1.165) is 25.7 Å². The number of rotatable bonds is 6. The molecule has 28 heavy (non-hydrogen) atoms. The number of imidazole rings is 1. The number of amides is 1. The molecule has 3 aromatic rings. The van der Waals surface area contributed by atoms with Gasteiger partial charge in [-0.1, -0.05) is 0 Å². The summed E-state index contributed by atoms with van der Waals surface area (Å²) < 4.78 is 26.3. The van der Waals surface area contributed by atoms with Crippen molar-refractivity contribution in [3.63, 3.8) is 0 Å². The molecule has 3 heterocycles. The summed E-state index contributed by atoms with van der Waals surface area (Å²) in [6, 6.07) is 1.85. The molecule has 1 amide bonds. The van der Waals surface area contributed by atoms with Crippen LogP contribution in [-0.4, -0.2) is 55.5 Å². The van der Waals surface area contributed by atoms with Gasteiger partial charge in [-0.05, 0) is 31.7 Å². The molecule has 8 nitrogen and oxygen atoms in total. The lowest BCUT2D eigenvalue weighted by molar-refractivity contribution is 0.0918. The number of carbonyl (C=O) groups is 1. The standard InChI is InChI=1S/C18H21F2N7O/c19-14(20)9-23-11-1-3-12(4-2-11)24-17(28)16-15-13(5-6-22-15)25-18(26-16)27-8-7-21-10-27/h5-8,10-12,14,22-23H,1-4,9H2,(H,24,28). The highest BCUT2D eigenvalue weighted by molar-refractivity contribution is 6.03. The first-order chi connectivity index (χ1) is 13.6. The molecule has 148 valence electrons. The highest BCUT2D eigenvalue weighted by Gasteiger charge is 2.25. The highest BCUT2D eigenvalue weighted by Crippen LogP contribution is 2.21. The average Bonchev–Trinajstić information content (AvgIpc) is 3.38. The van der Waals surface area contributed by atoms with Crippen LogP contribution < -0.4 is 10.6 Å². The first kappa shape index (κ1) is 18.5. The number of hydrogen-bond acceptors (Lipinski definition) is 5. The number of aromatic amines is 1. The van der Waals surface area contributed by atoms with Gasteiger partial charge in [0.05, 0.1) is 17.6 Å². The highest BCUT2D eigenvalue weighted by atomic mass is 19.3. The molecule has 3 aromatic heterocycles. The summed E-state index contributed by atoms with van der Waals surface area (Å²) in [7, 11) is 0. The zero-order valence-corrected chi connectivity index (χ0v) is 15.1. The summed E-state index contributed by atoms with van der Waals surface area (Å²) in [6.45, 7) is -0.287. The topological polar surface area (TPSA) is 101 Å². The van der Waals surface area contributed by atoms with Crippen LogP contribution >= 0.6 is 0 Å². The lowest BCUT2D eigenvalue weighted by Crippen LogP contribution is -2.43. The molecule has 3 N–H and O–H groups in total. The molecule has 0 aromatic carbocycles. The van der Waals surface area contributed by atoms with E-state index in [1.54, 1.807) is 35.6 Å². The Hall–Kier alpha value is -2.88. The van der Waals surface area contributed by atoms with Crippen molar-refractivity contribution in [2.45, 2.75) is 44.2 Å². The van der Waals surface area contributed by atoms with Gasteiger partial charge in [0, 0.05) is 30.7 Å². The maximum Gasteiger partial charge on any atom is 0.272 e. The molecule has 0 spiro atoms. The third-order valence-corrected chi connectivity index (χ3v) is 4.97. The molecule has 0 aliphatic heterocycles. The summed E-state index contributed by atoms with van der Waals surface area (Å²) in [4.78, 5) is 28.8. The van der Waals surface area contributed by atoms with Crippen LogP contribution in [0.1, 0.15) is 36.2 Å². The fourth-order valence-electron chi connectivity index (χ4n) is 3.54. The van der Waals surface area contributed by atoms with Gasteiger partial charge in [0.2, 0.25) is 5.95 Å². The Kier molecular flexibility index (Phi) is 5.29. The molecule has 1 saturated carbocycles. The fourth-order valence-corrected chi connectivity index (χ4v) is 3.54. The zero-order chi connectivity index (χ0) is 19.5. The van der Waals surface area contributed by atoms with Crippen molar-refractivity contribution in [3.05, 3.63) is 36.7 Å². The van der Waals surface area contributed by atoms with E-state index in [0.29, 0.717) is 17.0 Å². The number of H-pyrrole nitrogens is 1. The second-order valence-corrected chi connectivity index (χ2v) is 6.90. The third kappa shape index (κ3) is 4.01. The monoisotopic (exact) mass is 389 g/mol. The number of halogens is 2. The summed E-state index contributed by atoms with van der Waals surface area (Å²) in [5.41, 5.74) is 1.49. The van der Waals surface area contributed by atoms with Crippen molar-refractivity contribution in [1.29, 1.82) is 0 Å². The SMILES string of the molecule is O=C(NC1CCC(NCC(F)F)CC1)c1nc(-n2ccnc2)nc2cc[nH]c12. The van der Waals surface area contributed by atoms with Crippen LogP contribution in [0.4, 0.5) is 8.78 Å². The summed E-state index contributed by atoms with van der Waals surface area (Å²) in [5, 5.41) is 5.90. The van der Waals surface area contributed by atoms with Crippen LogP contribution in [0.5, 0.6) is 0 Å². The minimum absolute atomic E-state index is 0.00577. The van der Waals surface area contributed by atoms with Crippen LogP contribution in [0.3, 0.4) is 0 Å². The van der Waals surface area contributed by atoms with Gasteiger partial charge >= 0.3 is 0 Å². The van der Waals surface area contributed by atoms with Crippen molar-refractivity contribution < 1.29 is 13.6 Å². The summed E-state index contributed by atoms with van der Waals surface area (Å²) in [5.74, 6) is 0.0925. The van der Waals surface area contributed by atoms with Gasteiger partial charge in [-0.3, -0.25) is 9.36 Å². The fraction of sp³-hybridized carbons (Fsp3) is 0.444. The summed E-state index contributed by atoms with van der Waals surface area (Å²) in [6.07, 6.45) is 7.24. The van der Waals surface area contributed by atoms with E-state index in [1.807, 2.05) is 0 Å². The molecule has 10 heteroatoms. The van der Waals surface area contributed by atoms with Crippen LogP contribution in [0.2, 0.25) is 0 Å². The van der Waals surface area contributed by atoms with E-state index >= 15 is 0 Å². The van der Waals surface area contributed by atoms with Crippen LogP contribution in [0.25, 0.3) is 17.0 Å². The predicted octanol–water partition coefficient (Wildman–Crippen LogP) is 2.04. The van der Waals surface area contributed by atoms with Crippen molar-refractivity contribution in [2.75, 3.05) is 6.54 Å². The third-order valence-electron chi connectivity index (χ3n) is 4.97. The van der Waals surface area contributed by atoms with Crippen molar-refractivity contribution >= 4 is 16.9 Å². The Bertz CT molecular complexity index is 933. The molecule has 1 aliphatic rings. The maximum atomic E-state index is 12.9. The number of aromatic nitrogens is 5. The number of nitrogens with one attached hydrogen (secondary N) is 3. The molecule has 0 saturated heterocycles. The second-order valence-electron chi connectivity index (χ2n) is 6.90. The van der Waals surface area contributed by atoms with Gasteiger partial charge < -0.3 is 15.6 Å². The smallest absolute Gasteiger partial charge is 0.272 e. The molecule has 0 atom stereocenters. The Labute approximate surface area is 159 Å². The van der Waals surface area contributed by atoms with E-state index in [4.69, 9.17) is 0 Å². The largest absolute Gasteiger partial charge is 0.358 e. The maximum absolute atomic E-state index is 12.9. The van der Waals surface area contributed by atoms with Gasteiger partial charge in [-0.25, -0.2) is 23.7 Å². The normalized spacial score (nSPS) is 20.0. The van der Waals surface area contributed by atoms with Crippen LogP contribution in [0.15, 0.2) is 31.0 Å². The zero-order valence-electron chi connectivity index (χ0n) is 15.1.